The molecule has 1 rings (SSSR count). The highest BCUT2D eigenvalue weighted by Gasteiger charge is 2.17. The number of ketones is 2. The van der Waals surface area contributed by atoms with E-state index in [0.717, 1.165) is 0 Å². The van der Waals surface area contributed by atoms with E-state index < -0.39 is 17.5 Å². The Hall–Kier alpha value is -1.91. The highest BCUT2D eigenvalue weighted by molar-refractivity contribution is 6.43. The second-order valence-corrected chi connectivity index (χ2v) is 2.73. The summed E-state index contributed by atoms with van der Waals surface area (Å²) in [5.74, 6) is -2.44. The first-order valence-corrected chi connectivity index (χ1v) is 4.04. The van der Waals surface area contributed by atoms with E-state index in [4.69, 9.17) is 5.11 Å². The number of Topliss-reactive ketones (excluding diaryl/α,β-unsaturated/α-hetero) is 2. The molecule has 0 bridgehead atoms. The lowest BCUT2D eigenvalue weighted by molar-refractivity contribution is -0.138. The van der Waals surface area contributed by atoms with Gasteiger partial charge in [-0.1, -0.05) is 0 Å². The molecule has 14 heavy (non-hydrogen) atoms. The van der Waals surface area contributed by atoms with Crippen molar-refractivity contribution in [2.75, 3.05) is 0 Å². The van der Waals surface area contributed by atoms with Crippen molar-refractivity contribution in [2.24, 2.45) is 0 Å². The van der Waals surface area contributed by atoms with Gasteiger partial charge in [0.2, 0.25) is 11.6 Å². The molecule has 74 valence electrons. The Morgan fingerprint density at radius 1 is 1.29 bits per heavy atom. The number of carbonyl (C=O) groups excluding carboxylic acids is 2. The van der Waals surface area contributed by atoms with Crippen molar-refractivity contribution in [3.63, 3.8) is 0 Å². The summed E-state index contributed by atoms with van der Waals surface area (Å²) >= 11 is 0. The maximum Gasteiger partial charge on any atom is 0.303 e. The summed E-state index contributed by atoms with van der Waals surface area (Å²) in [5, 5.41) is 8.30. The van der Waals surface area contributed by atoms with Crippen LogP contribution in [-0.2, 0) is 9.59 Å². The predicted octanol–water partition coefficient (Wildman–Crippen LogP) is 0.631. The third-order valence-electron chi connectivity index (χ3n) is 1.66. The van der Waals surface area contributed by atoms with Gasteiger partial charge in [0, 0.05) is 12.6 Å². The highest BCUT2D eigenvalue weighted by Crippen LogP contribution is 2.01. The van der Waals surface area contributed by atoms with Crippen LogP contribution in [-0.4, -0.2) is 27.6 Å². The number of nitrogens with one attached hydrogen (secondary N) is 1. The zero-order valence-electron chi connectivity index (χ0n) is 7.32. The van der Waals surface area contributed by atoms with E-state index in [-0.39, 0.29) is 18.5 Å². The average Bonchev–Trinajstić information content (AvgIpc) is 2.65. The summed E-state index contributed by atoms with van der Waals surface area (Å²) in [6.45, 7) is 0. The van der Waals surface area contributed by atoms with E-state index in [9.17, 15) is 14.4 Å². The molecule has 5 nitrogen and oxygen atoms in total. The van der Waals surface area contributed by atoms with Gasteiger partial charge in [-0.05, 0) is 12.1 Å². The number of carboxylic acid groups (broad SMARTS) is 1. The van der Waals surface area contributed by atoms with Gasteiger partial charge in [0.15, 0.2) is 0 Å². The molecule has 0 aliphatic heterocycles. The number of hydrogen-bond acceptors (Lipinski definition) is 3. The Morgan fingerprint density at radius 2 is 2.00 bits per heavy atom. The van der Waals surface area contributed by atoms with Crippen LogP contribution >= 0.6 is 0 Å². The Balaban J connectivity index is 2.54. The van der Waals surface area contributed by atoms with Crippen molar-refractivity contribution < 1.29 is 19.5 Å². The first-order valence-electron chi connectivity index (χ1n) is 4.04. The molecule has 5 heteroatoms. The molecule has 0 saturated carbocycles. The van der Waals surface area contributed by atoms with Gasteiger partial charge in [-0.15, -0.1) is 0 Å². The number of aromatic amines is 1. The number of aromatic nitrogens is 1. The Kier molecular flexibility index (Phi) is 3.17. The quantitative estimate of drug-likeness (QED) is 0.532. The second kappa shape index (κ2) is 4.36. The molecule has 0 aromatic carbocycles. The van der Waals surface area contributed by atoms with Gasteiger partial charge in [-0.25, -0.2) is 0 Å². The van der Waals surface area contributed by atoms with Crippen molar-refractivity contribution in [1.82, 2.24) is 4.98 Å². The second-order valence-electron chi connectivity index (χ2n) is 2.73. The molecule has 2 N–H and O–H groups in total. The van der Waals surface area contributed by atoms with E-state index in [0.29, 0.717) is 0 Å². The van der Waals surface area contributed by atoms with Crippen LogP contribution in [0.15, 0.2) is 18.3 Å². The lowest BCUT2D eigenvalue weighted by Gasteiger charge is -1.95. The maximum atomic E-state index is 11.2. The minimum atomic E-state index is -1.09. The van der Waals surface area contributed by atoms with Gasteiger partial charge in [-0.2, -0.15) is 0 Å². The van der Waals surface area contributed by atoms with E-state index in [1.165, 1.54) is 12.3 Å². The molecule has 0 spiro atoms. The molecule has 0 radical (unpaired) electrons. The van der Waals surface area contributed by atoms with Crippen molar-refractivity contribution in [2.45, 2.75) is 12.8 Å². The summed E-state index contributed by atoms with van der Waals surface area (Å²) in [5.41, 5.74) is 0.195. The van der Waals surface area contributed by atoms with Crippen LogP contribution in [0.4, 0.5) is 0 Å². The number of aliphatic carboxylic acids is 1. The smallest absolute Gasteiger partial charge is 0.303 e. The fourth-order valence-corrected chi connectivity index (χ4v) is 0.956. The average molecular weight is 195 g/mol. The number of rotatable bonds is 5. The minimum absolute atomic E-state index is 0.195. The fourth-order valence-electron chi connectivity index (χ4n) is 0.956. The maximum absolute atomic E-state index is 11.2. The van der Waals surface area contributed by atoms with E-state index in [1.807, 2.05) is 0 Å². The molecule has 0 aliphatic rings. The van der Waals surface area contributed by atoms with Crippen LogP contribution in [0.5, 0.6) is 0 Å². The molecule has 0 unspecified atom stereocenters. The first kappa shape index (κ1) is 10.2. The van der Waals surface area contributed by atoms with Crippen molar-refractivity contribution in [3.05, 3.63) is 24.0 Å². The van der Waals surface area contributed by atoms with Crippen molar-refractivity contribution >= 4 is 17.5 Å². The molecule has 0 amide bonds. The summed E-state index contributed by atoms with van der Waals surface area (Å²) in [6, 6.07) is 3.07. The highest BCUT2D eigenvalue weighted by atomic mass is 16.4. The summed E-state index contributed by atoms with van der Waals surface area (Å²) in [4.78, 5) is 35.1. The molecular formula is C9H9NO4. The van der Waals surface area contributed by atoms with Crippen molar-refractivity contribution in [3.8, 4) is 0 Å². The van der Waals surface area contributed by atoms with Crippen LogP contribution in [0, 0.1) is 0 Å². The predicted molar refractivity (Wildman–Crippen MR) is 47.0 cm³/mol. The lowest BCUT2D eigenvalue weighted by Crippen LogP contribution is -2.15. The van der Waals surface area contributed by atoms with Gasteiger partial charge in [0.25, 0.3) is 0 Å². The third-order valence-corrected chi connectivity index (χ3v) is 1.66. The van der Waals surface area contributed by atoms with E-state index in [2.05, 4.69) is 4.98 Å². The summed E-state index contributed by atoms with van der Waals surface area (Å²) in [7, 11) is 0. The monoisotopic (exact) mass is 195 g/mol. The third kappa shape index (κ3) is 2.55. The Morgan fingerprint density at radius 3 is 2.50 bits per heavy atom. The lowest BCUT2D eigenvalue weighted by atomic mass is 10.1. The molecule has 0 fully saturated rings. The Bertz CT molecular complexity index is 353. The van der Waals surface area contributed by atoms with Gasteiger partial charge in [-0.3, -0.25) is 14.4 Å². The molecule has 0 atom stereocenters. The minimum Gasteiger partial charge on any atom is -0.481 e. The van der Waals surface area contributed by atoms with Crippen LogP contribution in [0.1, 0.15) is 23.3 Å². The molecule has 1 heterocycles. The van der Waals surface area contributed by atoms with Crippen LogP contribution in [0.25, 0.3) is 0 Å². The number of H-pyrrole nitrogens is 1. The molecular weight excluding hydrogens is 186 g/mol. The Labute approximate surface area is 79.7 Å². The van der Waals surface area contributed by atoms with Crippen LogP contribution < -0.4 is 0 Å². The zero-order chi connectivity index (χ0) is 10.6. The number of carbonyl (C=O) groups is 3. The summed E-state index contributed by atoms with van der Waals surface area (Å²) < 4.78 is 0. The van der Waals surface area contributed by atoms with E-state index in [1.54, 1.807) is 6.07 Å². The number of carboxylic acids is 1. The molecule has 1 aromatic rings. The van der Waals surface area contributed by atoms with Crippen LogP contribution in [0.3, 0.4) is 0 Å². The van der Waals surface area contributed by atoms with Crippen molar-refractivity contribution in [1.29, 1.82) is 0 Å². The molecule has 0 saturated heterocycles. The number of hydrogen-bond donors (Lipinski definition) is 2. The standard InChI is InChI=1S/C9H9NO4/c11-7(3-4-8(12)13)9(14)6-2-1-5-10-6/h1-2,5,10H,3-4H2,(H,12,13). The van der Waals surface area contributed by atoms with Gasteiger partial charge < -0.3 is 10.1 Å². The topological polar surface area (TPSA) is 87.2 Å². The zero-order valence-corrected chi connectivity index (χ0v) is 7.32. The van der Waals surface area contributed by atoms with Gasteiger partial charge in [0.05, 0.1) is 12.1 Å². The molecule has 0 aliphatic carbocycles. The molecule has 1 aromatic heterocycles. The fraction of sp³-hybridized carbons (Fsp3) is 0.222. The van der Waals surface area contributed by atoms with E-state index >= 15 is 0 Å². The van der Waals surface area contributed by atoms with Gasteiger partial charge >= 0.3 is 5.97 Å². The van der Waals surface area contributed by atoms with Crippen LogP contribution in [0.2, 0.25) is 0 Å². The van der Waals surface area contributed by atoms with Gasteiger partial charge in [0.1, 0.15) is 0 Å². The SMILES string of the molecule is O=C(O)CCC(=O)C(=O)c1ccc[nH]1. The normalized spacial score (nSPS) is 9.71. The largest absolute Gasteiger partial charge is 0.481 e. The summed E-state index contributed by atoms with van der Waals surface area (Å²) in [6.07, 6.45) is 0.955. The first-order chi connectivity index (χ1) is 6.61.